The van der Waals surface area contributed by atoms with Crippen LogP contribution in [0, 0.1) is 11.8 Å². The molecule has 0 bridgehead atoms. The minimum atomic E-state index is -2.76. The maximum Gasteiger partial charge on any atom is 0.276 e. The molecule has 0 fully saturated rings. The average molecular weight is 219 g/mol. The van der Waals surface area contributed by atoms with Gasteiger partial charge in [0.15, 0.2) is 7.14 Å². The molecular weight excluding hydrogens is 197 g/mol. The molecule has 0 heterocycles. The Morgan fingerprint density at radius 3 is 2.00 bits per heavy atom. The van der Waals surface area contributed by atoms with Crippen LogP contribution in [0.1, 0.15) is 34.1 Å². The zero-order valence-corrected chi connectivity index (χ0v) is 10.5. The van der Waals surface area contributed by atoms with Crippen LogP contribution in [0.2, 0.25) is 0 Å². The lowest BCUT2D eigenvalue weighted by atomic mass is 10.2. The van der Waals surface area contributed by atoms with Gasteiger partial charge in [-0.1, -0.05) is 27.7 Å². The molecule has 0 aliphatic carbocycles. The second kappa shape index (κ2) is 5.55. The number of hydrogen-bond donors (Lipinski definition) is 1. The Kier molecular flexibility index (Phi) is 5.43. The van der Waals surface area contributed by atoms with Gasteiger partial charge < -0.3 is 10.3 Å². The minimum Gasteiger partial charge on any atom is -0.363 e. The Balaban J connectivity index is 4.41. The molecule has 14 heavy (non-hydrogen) atoms. The van der Waals surface area contributed by atoms with E-state index in [1.54, 1.807) is 0 Å². The summed E-state index contributed by atoms with van der Waals surface area (Å²) in [6.07, 6.45) is 1.74. The van der Waals surface area contributed by atoms with Crippen molar-refractivity contribution < 1.29 is 9.36 Å². The lowest BCUT2D eigenvalue weighted by Gasteiger charge is -2.17. The Hall–Kier alpha value is -0.300. The highest BCUT2D eigenvalue weighted by molar-refractivity contribution is 7.80. The van der Waals surface area contributed by atoms with Crippen molar-refractivity contribution in [3.05, 3.63) is 0 Å². The van der Waals surface area contributed by atoms with Gasteiger partial charge in [-0.15, -0.1) is 0 Å². The van der Waals surface area contributed by atoms with Gasteiger partial charge in [0.05, 0.1) is 0 Å². The van der Waals surface area contributed by atoms with Crippen LogP contribution >= 0.6 is 7.14 Å². The van der Waals surface area contributed by atoms with Crippen LogP contribution < -0.4 is 5.73 Å². The summed E-state index contributed by atoms with van der Waals surface area (Å²) >= 11 is 0. The maximum absolute atomic E-state index is 12.2. The molecule has 0 aromatic heterocycles. The quantitative estimate of drug-likeness (QED) is 0.697. The normalized spacial score (nSPS) is 15.9. The smallest absolute Gasteiger partial charge is 0.276 e. The minimum absolute atomic E-state index is 0.264. The summed E-state index contributed by atoms with van der Waals surface area (Å²) in [4.78, 5) is 11.1. The lowest BCUT2D eigenvalue weighted by molar-refractivity contribution is 0.264. The summed E-state index contributed by atoms with van der Waals surface area (Å²) < 4.78 is 12.2. The molecule has 0 aliphatic rings. The van der Waals surface area contributed by atoms with E-state index in [1.165, 1.54) is 0 Å². The molecule has 0 rings (SSSR count). The highest BCUT2D eigenvalue weighted by Gasteiger charge is 2.29. The summed E-state index contributed by atoms with van der Waals surface area (Å²) in [5.41, 5.74) is 4.61. The SMILES string of the molecule is CC(C)CCP(=O)(CC(C)C)C(N)=O. The Bertz CT molecular complexity index is 236. The van der Waals surface area contributed by atoms with Gasteiger partial charge in [0.25, 0.3) is 5.65 Å². The van der Waals surface area contributed by atoms with E-state index in [-0.39, 0.29) is 5.92 Å². The predicted octanol–water partition coefficient (Wildman–Crippen LogP) is 3.13. The number of carbonyl (C=O) groups is 1. The van der Waals surface area contributed by atoms with Crippen molar-refractivity contribution in [1.29, 1.82) is 0 Å². The van der Waals surface area contributed by atoms with Gasteiger partial charge in [-0.05, 0) is 18.3 Å². The lowest BCUT2D eigenvalue weighted by Crippen LogP contribution is -2.17. The monoisotopic (exact) mass is 219 g/mol. The van der Waals surface area contributed by atoms with Gasteiger partial charge in [0.1, 0.15) is 0 Å². The fourth-order valence-electron chi connectivity index (χ4n) is 1.35. The van der Waals surface area contributed by atoms with Crippen LogP contribution in [-0.4, -0.2) is 18.0 Å². The number of rotatable bonds is 6. The Morgan fingerprint density at radius 2 is 1.71 bits per heavy atom. The molecule has 0 aromatic rings. The first-order valence-corrected chi connectivity index (χ1v) is 7.23. The number of amides is 1. The van der Waals surface area contributed by atoms with E-state index in [0.29, 0.717) is 18.2 Å². The van der Waals surface area contributed by atoms with Crippen molar-refractivity contribution in [1.82, 2.24) is 0 Å². The zero-order chi connectivity index (χ0) is 11.4. The van der Waals surface area contributed by atoms with Crippen molar-refractivity contribution in [2.75, 3.05) is 12.3 Å². The number of primary amides is 1. The number of carbonyl (C=O) groups excluding carboxylic acids is 1. The summed E-state index contributed by atoms with van der Waals surface area (Å²) in [5.74, 6) is 0.732. The summed E-state index contributed by atoms with van der Waals surface area (Å²) in [5, 5.41) is 0. The molecule has 0 saturated carbocycles. The molecule has 1 atom stereocenters. The van der Waals surface area contributed by atoms with Crippen LogP contribution in [0.25, 0.3) is 0 Å². The molecule has 2 N–H and O–H groups in total. The molecule has 0 spiro atoms. The van der Waals surface area contributed by atoms with Crippen molar-refractivity contribution in [2.24, 2.45) is 17.6 Å². The van der Waals surface area contributed by atoms with Gasteiger partial charge >= 0.3 is 0 Å². The molecule has 84 valence electrons. The number of nitrogens with two attached hydrogens (primary N) is 1. The first-order chi connectivity index (χ1) is 6.28. The molecule has 0 aromatic carbocycles. The summed E-state index contributed by atoms with van der Waals surface area (Å²) in [6, 6.07) is 0. The van der Waals surface area contributed by atoms with Crippen molar-refractivity contribution in [3.63, 3.8) is 0 Å². The van der Waals surface area contributed by atoms with Crippen LogP contribution in [0.5, 0.6) is 0 Å². The largest absolute Gasteiger partial charge is 0.363 e. The molecule has 1 unspecified atom stereocenters. The van der Waals surface area contributed by atoms with E-state index in [0.717, 1.165) is 6.42 Å². The van der Waals surface area contributed by atoms with Crippen LogP contribution in [0.4, 0.5) is 4.79 Å². The fraction of sp³-hybridized carbons (Fsp3) is 0.900. The predicted molar refractivity (Wildman–Crippen MR) is 61.2 cm³/mol. The Labute approximate surface area is 86.8 Å². The molecule has 1 amide bonds. The molecule has 4 heteroatoms. The highest BCUT2D eigenvalue weighted by Crippen LogP contribution is 2.48. The van der Waals surface area contributed by atoms with E-state index in [9.17, 15) is 9.36 Å². The van der Waals surface area contributed by atoms with E-state index < -0.39 is 12.8 Å². The molecular formula is C10H22NO2P. The van der Waals surface area contributed by atoms with Crippen molar-refractivity contribution >= 4 is 12.8 Å². The van der Waals surface area contributed by atoms with Crippen LogP contribution in [-0.2, 0) is 4.57 Å². The maximum atomic E-state index is 12.2. The van der Waals surface area contributed by atoms with Gasteiger partial charge in [-0.3, -0.25) is 4.79 Å². The first kappa shape index (κ1) is 13.7. The number of hydrogen-bond acceptors (Lipinski definition) is 2. The summed E-state index contributed by atoms with van der Waals surface area (Å²) in [7, 11) is -2.76. The van der Waals surface area contributed by atoms with E-state index in [2.05, 4.69) is 13.8 Å². The third-order valence-corrected chi connectivity index (χ3v) is 5.23. The zero-order valence-electron chi connectivity index (χ0n) is 9.62. The van der Waals surface area contributed by atoms with Gasteiger partial charge in [0, 0.05) is 12.3 Å². The summed E-state index contributed by atoms with van der Waals surface area (Å²) in [6.45, 7) is 8.04. The standard InChI is InChI=1S/C10H22NO2P/c1-8(2)5-6-14(13,10(11)12)7-9(3)4/h8-9H,5-7H2,1-4H3,(H2,11,12). The van der Waals surface area contributed by atoms with Gasteiger partial charge in [-0.25, -0.2) is 0 Å². The topological polar surface area (TPSA) is 60.2 Å². The molecule has 0 aliphatic heterocycles. The van der Waals surface area contributed by atoms with E-state index in [1.807, 2.05) is 13.8 Å². The van der Waals surface area contributed by atoms with E-state index >= 15 is 0 Å². The van der Waals surface area contributed by atoms with Crippen molar-refractivity contribution in [3.8, 4) is 0 Å². The van der Waals surface area contributed by atoms with Crippen molar-refractivity contribution in [2.45, 2.75) is 34.1 Å². The Morgan fingerprint density at radius 1 is 1.21 bits per heavy atom. The van der Waals surface area contributed by atoms with Crippen LogP contribution in [0.3, 0.4) is 0 Å². The van der Waals surface area contributed by atoms with Crippen LogP contribution in [0.15, 0.2) is 0 Å². The first-order valence-electron chi connectivity index (χ1n) is 5.16. The molecule has 0 radical (unpaired) electrons. The fourth-order valence-corrected chi connectivity index (χ4v) is 4.04. The highest BCUT2D eigenvalue weighted by atomic mass is 31.2. The van der Waals surface area contributed by atoms with Gasteiger partial charge in [-0.2, -0.15) is 0 Å². The average Bonchev–Trinajstić information content (AvgIpc) is 1.99. The second-order valence-electron chi connectivity index (χ2n) is 4.71. The molecule has 0 saturated heterocycles. The third kappa shape index (κ3) is 4.80. The molecule has 3 nitrogen and oxygen atoms in total. The third-order valence-electron chi connectivity index (χ3n) is 2.13. The van der Waals surface area contributed by atoms with Gasteiger partial charge in [0.2, 0.25) is 0 Å². The second-order valence-corrected chi connectivity index (χ2v) is 7.74. The van der Waals surface area contributed by atoms with E-state index in [4.69, 9.17) is 5.73 Å².